The molecule has 0 bridgehead atoms. The number of fused-ring (bicyclic) bond motifs is 1. The second-order valence-corrected chi connectivity index (χ2v) is 9.55. The van der Waals surface area contributed by atoms with Gasteiger partial charge in [-0.1, -0.05) is 88.4 Å². The Morgan fingerprint density at radius 2 is 1.78 bits per heavy atom. The summed E-state index contributed by atoms with van der Waals surface area (Å²) < 4.78 is 2.07. The van der Waals surface area contributed by atoms with Crippen molar-refractivity contribution < 1.29 is 9.90 Å². The summed E-state index contributed by atoms with van der Waals surface area (Å²) in [5.74, 6) is 0.909. The minimum atomic E-state index is -0.0780. The van der Waals surface area contributed by atoms with Crippen LogP contribution in [0.5, 0.6) is 5.75 Å². The minimum absolute atomic E-state index is 0.0780. The van der Waals surface area contributed by atoms with Gasteiger partial charge in [-0.25, -0.2) is 0 Å². The highest BCUT2D eigenvalue weighted by atomic mass is 16.3. The van der Waals surface area contributed by atoms with Crippen molar-refractivity contribution in [1.82, 2.24) is 14.9 Å². The van der Waals surface area contributed by atoms with E-state index >= 15 is 0 Å². The van der Waals surface area contributed by atoms with Crippen molar-refractivity contribution in [3.8, 4) is 16.9 Å². The van der Waals surface area contributed by atoms with Gasteiger partial charge in [-0.3, -0.25) is 9.78 Å². The molecule has 0 aliphatic rings. The molecule has 2 N–H and O–H groups in total. The van der Waals surface area contributed by atoms with E-state index in [2.05, 4.69) is 40.8 Å². The number of aromatic hydroxyl groups is 1. The number of carbonyl (C=O) groups is 1. The van der Waals surface area contributed by atoms with E-state index in [0.29, 0.717) is 18.8 Å². The fourth-order valence-electron chi connectivity index (χ4n) is 5.09. The average Bonchev–Trinajstić information content (AvgIpc) is 3.23. The van der Waals surface area contributed by atoms with Crippen molar-refractivity contribution in [2.45, 2.75) is 58.9 Å². The van der Waals surface area contributed by atoms with E-state index in [4.69, 9.17) is 0 Å². The van der Waals surface area contributed by atoms with Crippen LogP contribution in [0.2, 0.25) is 0 Å². The number of carbonyl (C=O) groups excluding carboxylic acids is 1. The molecule has 0 saturated heterocycles. The third-order valence-corrected chi connectivity index (χ3v) is 7.02. The molecule has 0 aliphatic heterocycles. The zero-order valence-corrected chi connectivity index (χ0v) is 21.4. The number of phenolic OH excluding ortho intramolecular Hbond substituents is 1. The van der Waals surface area contributed by atoms with E-state index in [0.717, 1.165) is 46.4 Å². The highest BCUT2D eigenvalue weighted by Crippen LogP contribution is 2.36. The Labute approximate surface area is 214 Å². The third kappa shape index (κ3) is 5.96. The Hall–Kier alpha value is -3.60. The Kier molecular flexibility index (Phi) is 8.77. The first kappa shape index (κ1) is 25.5. The molecule has 1 unspecified atom stereocenters. The second kappa shape index (κ2) is 12.4. The van der Waals surface area contributed by atoms with Gasteiger partial charge in [0.2, 0.25) is 0 Å². The van der Waals surface area contributed by atoms with Crippen LogP contribution in [0.15, 0.2) is 73.1 Å². The molecule has 1 atom stereocenters. The SMILES string of the molecule is CCCC(CC)CCCCNC(=O)c1c(-c2ccc(O)cc2)c2ccncc2n1Cc1ccccc1. The van der Waals surface area contributed by atoms with Crippen LogP contribution in [-0.2, 0) is 6.54 Å². The van der Waals surface area contributed by atoms with Crippen LogP contribution in [-0.4, -0.2) is 27.1 Å². The highest BCUT2D eigenvalue weighted by Gasteiger charge is 2.24. The number of hydrogen-bond acceptors (Lipinski definition) is 3. The predicted octanol–water partition coefficient (Wildman–Crippen LogP) is 7.18. The van der Waals surface area contributed by atoms with E-state index in [9.17, 15) is 9.90 Å². The van der Waals surface area contributed by atoms with Crippen molar-refractivity contribution in [3.05, 3.63) is 84.3 Å². The number of nitrogens with one attached hydrogen (secondary N) is 1. The van der Waals surface area contributed by atoms with Crippen LogP contribution in [0.1, 0.15) is 68.4 Å². The molecule has 0 spiro atoms. The number of unbranched alkanes of at least 4 members (excludes halogenated alkanes) is 1. The summed E-state index contributed by atoms with van der Waals surface area (Å²) in [6.45, 7) is 5.74. The van der Waals surface area contributed by atoms with Crippen LogP contribution in [0.4, 0.5) is 0 Å². The van der Waals surface area contributed by atoms with E-state index in [1.165, 1.54) is 25.7 Å². The number of phenols is 1. The maximum atomic E-state index is 13.7. The van der Waals surface area contributed by atoms with Crippen molar-refractivity contribution in [2.75, 3.05) is 6.54 Å². The van der Waals surface area contributed by atoms with E-state index in [1.807, 2.05) is 42.6 Å². The maximum Gasteiger partial charge on any atom is 0.268 e. The van der Waals surface area contributed by atoms with Gasteiger partial charge >= 0.3 is 0 Å². The zero-order valence-electron chi connectivity index (χ0n) is 21.4. The number of hydrogen-bond donors (Lipinski definition) is 2. The van der Waals surface area contributed by atoms with E-state index in [-0.39, 0.29) is 11.7 Å². The maximum absolute atomic E-state index is 13.7. The molecular weight excluding hydrogens is 446 g/mol. The number of amides is 1. The van der Waals surface area contributed by atoms with E-state index in [1.54, 1.807) is 18.3 Å². The van der Waals surface area contributed by atoms with Gasteiger partial charge in [-0.2, -0.15) is 0 Å². The number of nitrogens with zero attached hydrogens (tertiary/aromatic N) is 2. The molecule has 4 rings (SSSR count). The molecule has 188 valence electrons. The molecule has 2 heterocycles. The summed E-state index contributed by atoms with van der Waals surface area (Å²) in [6, 6.07) is 19.2. The lowest BCUT2D eigenvalue weighted by Gasteiger charge is -2.15. The average molecular weight is 484 g/mol. The summed E-state index contributed by atoms with van der Waals surface area (Å²) in [6.07, 6.45) is 10.7. The molecule has 36 heavy (non-hydrogen) atoms. The second-order valence-electron chi connectivity index (χ2n) is 9.55. The molecule has 0 fully saturated rings. The lowest BCUT2D eigenvalue weighted by molar-refractivity contribution is 0.0945. The third-order valence-electron chi connectivity index (χ3n) is 7.02. The fourth-order valence-corrected chi connectivity index (χ4v) is 5.09. The van der Waals surface area contributed by atoms with Crippen molar-refractivity contribution in [2.24, 2.45) is 5.92 Å². The number of benzene rings is 2. The van der Waals surface area contributed by atoms with Gasteiger partial charge in [0.25, 0.3) is 5.91 Å². The van der Waals surface area contributed by atoms with Crippen LogP contribution in [0.3, 0.4) is 0 Å². The lowest BCUT2D eigenvalue weighted by atomic mass is 9.94. The molecule has 2 aromatic carbocycles. The lowest BCUT2D eigenvalue weighted by Crippen LogP contribution is -2.27. The number of aromatic nitrogens is 2. The molecule has 2 aromatic heterocycles. The van der Waals surface area contributed by atoms with Crippen molar-refractivity contribution >= 4 is 16.8 Å². The Balaban J connectivity index is 1.65. The van der Waals surface area contributed by atoms with Gasteiger partial charge in [0.1, 0.15) is 11.4 Å². The normalized spacial score (nSPS) is 12.1. The molecule has 1 amide bonds. The first-order valence-electron chi connectivity index (χ1n) is 13.2. The molecule has 0 saturated carbocycles. The summed E-state index contributed by atoms with van der Waals surface area (Å²) in [5, 5.41) is 14.0. The fraction of sp³-hybridized carbons (Fsp3) is 0.355. The molecule has 5 heteroatoms. The molecule has 5 nitrogen and oxygen atoms in total. The van der Waals surface area contributed by atoms with Crippen LogP contribution >= 0.6 is 0 Å². The van der Waals surface area contributed by atoms with Crippen LogP contribution in [0.25, 0.3) is 22.0 Å². The Morgan fingerprint density at radius 1 is 1.00 bits per heavy atom. The largest absolute Gasteiger partial charge is 0.508 e. The zero-order chi connectivity index (χ0) is 25.3. The van der Waals surface area contributed by atoms with Gasteiger partial charge < -0.3 is 15.0 Å². The quantitative estimate of drug-likeness (QED) is 0.210. The summed E-state index contributed by atoms with van der Waals surface area (Å²) in [4.78, 5) is 18.1. The van der Waals surface area contributed by atoms with Crippen molar-refractivity contribution in [3.63, 3.8) is 0 Å². The molecule has 0 radical (unpaired) electrons. The topological polar surface area (TPSA) is 67.2 Å². The smallest absolute Gasteiger partial charge is 0.268 e. The summed E-state index contributed by atoms with van der Waals surface area (Å²) >= 11 is 0. The Bertz CT molecular complexity index is 1260. The number of pyridine rings is 1. The van der Waals surface area contributed by atoms with Crippen LogP contribution in [0, 0.1) is 5.92 Å². The van der Waals surface area contributed by atoms with Gasteiger partial charge in [-0.15, -0.1) is 0 Å². The van der Waals surface area contributed by atoms with Crippen molar-refractivity contribution in [1.29, 1.82) is 0 Å². The van der Waals surface area contributed by atoms with Gasteiger partial charge in [0.05, 0.1) is 11.7 Å². The molecule has 0 aliphatic carbocycles. The molecule has 4 aromatic rings. The predicted molar refractivity (Wildman–Crippen MR) is 147 cm³/mol. The van der Waals surface area contributed by atoms with Gasteiger partial charge in [0.15, 0.2) is 0 Å². The first-order chi connectivity index (χ1) is 17.6. The standard InChI is InChI=1S/C31H37N3O2/c1-3-10-23(4-2)11-8-9-19-33-31(36)30-29(25-14-16-26(35)17-15-25)27-18-20-32-21-28(27)34(30)22-24-12-6-5-7-13-24/h5-7,12-18,20-21,23,35H,3-4,8-11,19,22H2,1-2H3,(H,33,36). The van der Waals surface area contributed by atoms with E-state index < -0.39 is 0 Å². The summed E-state index contributed by atoms with van der Waals surface area (Å²) in [7, 11) is 0. The first-order valence-corrected chi connectivity index (χ1v) is 13.2. The van der Waals surface area contributed by atoms with Crippen LogP contribution < -0.4 is 5.32 Å². The minimum Gasteiger partial charge on any atom is -0.508 e. The van der Waals surface area contributed by atoms with Gasteiger partial charge in [-0.05, 0) is 41.7 Å². The number of rotatable bonds is 12. The van der Waals surface area contributed by atoms with Gasteiger partial charge in [0, 0.05) is 30.2 Å². The Morgan fingerprint density at radius 3 is 2.50 bits per heavy atom. The molecular formula is C31H37N3O2. The highest BCUT2D eigenvalue weighted by molar-refractivity contribution is 6.10. The monoisotopic (exact) mass is 483 g/mol. The summed E-state index contributed by atoms with van der Waals surface area (Å²) in [5.41, 5.74) is 4.43.